The molecule has 7 nitrogen and oxygen atoms in total. The van der Waals surface area contributed by atoms with E-state index in [4.69, 9.17) is 11.6 Å². The predicted octanol–water partition coefficient (Wildman–Crippen LogP) is 2.60. The van der Waals surface area contributed by atoms with Gasteiger partial charge in [-0.2, -0.15) is 0 Å². The third-order valence-electron chi connectivity index (χ3n) is 2.46. The van der Waals surface area contributed by atoms with Crippen molar-refractivity contribution in [2.45, 2.75) is 0 Å². The van der Waals surface area contributed by atoms with Crippen LogP contribution in [0.5, 0.6) is 5.75 Å². The summed E-state index contributed by atoms with van der Waals surface area (Å²) in [6.45, 7) is 0. The highest BCUT2D eigenvalue weighted by molar-refractivity contribution is 6.34. The Hall–Kier alpha value is -2.67. The van der Waals surface area contributed by atoms with Crippen LogP contribution >= 0.6 is 11.6 Å². The van der Waals surface area contributed by atoms with Gasteiger partial charge in [0.1, 0.15) is 5.75 Å². The molecule has 2 rings (SSSR count). The summed E-state index contributed by atoms with van der Waals surface area (Å²) >= 11 is 5.82. The molecule has 20 heavy (non-hydrogen) atoms. The van der Waals surface area contributed by atoms with E-state index in [1.165, 1.54) is 30.6 Å². The zero-order chi connectivity index (χ0) is 14.7. The Balaban J connectivity index is 2.25. The van der Waals surface area contributed by atoms with Gasteiger partial charge >= 0.3 is 0 Å². The van der Waals surface area contributed by atoms with Crippen LogP contribution in [-0.4, -0.2) is 20.9 Å². The SMILES string of the molecule is O=C(Nc1ccc([N+](=O)[O-])cc1O)c1ccncc1Cl. The number of benzene rings is 1. The molecule has 0 saturated heterocycles. The van der Waals surface area contributed by atoms with Crippen LogP contribution in [0.2, 0.25) is 5.02 Å². The molecule has 1 aromatic carbocycles. The zero-order valence-electron chi connectivity index (χ0n) is 9.91. The smallest absolute Gasteiger partial charge is 0.273 e. The third-order valence-corrected chi connectivity index (χ3v) is 2.76. The van der Waals surface area contributed by atoms with Crippen molar-refractivity contribution >= 4 is 28.9 Å². The highest BCUT2D eigenvalue weighted by Gasteiger charge is 2.14. The second-order valence-electron chi connectivity index (χ2n) is 3.77. The highest BCUT2D eigenvalue weighted by atomic mass is 35.5. The Bertz CT molecular complexity index is 690. The summed E-state index contributed by atoms with van der Waals surface area (Å²) in [5.74, 6) is -0.959. The Morgan fingerprint density at radius 2 is 2.15 bits per heavy atom. The number of amides is 1. The largest absolute Gasteiger partial charge is 0.506 e. The van der Waals surface area contributed by atoms with E-state index < -0.39 is 16.6 Å². The first kappa shape index (κ1) is 13.8. The fraction of sp³-hybridized carbons (Fsp3) is 0. The lowest BCUT2D eigenvalue weighted by Gasteiger charge is -2.07. The van der Waals surface area contributed by atoms with Gasteiger partial charge < -0.3 is 10.4 Å². The topological polar surface area (TPSA) is 105 Å². The molecule has 0 saturated carbocycles. The Morgan fingerprint density at radius 1 is 1.40 bits per heavy atom. The number of phenolic OH excluding ortho intramolecular Hbond substituents is 1. The molecular weight excluding hydrogens is 286 g/mol. The van der Waals surface area contributed by atoms with Crippen molar-refractivity contribution in [3.8, 4) is 5.75 Å². The van der Waals surface area contributed by atoms with Gasteiger partial charge in [0.2, 0.25) is 0 Å². The molecule has 1 amide bonds. The molecule has 0 unspecified atom stereocenters. The fourth-order valence-corrected chi connectivity index (χ4v) is 1.69. The number of non-ortho nitro benzene ring substituents is 1. The van der Waals surface area contributed by atoms with Crippen LogP contribution in [-0.2, 0) is 0 Å². The van der Waals surface area contributed by atoms with E-state index in [1.54, 1.807) is 0 Å². The predicted molar refractivity (Wildman–Crippen MR) is 72.0 cm³/mol. The van der Waals surface area contributed by atoms with E-state index in [-0.39, 0.29) is 22.0 Å². The van der Waals surface area contributed by atoms with Crippen molar-refractivity contribution < 1.29 is 14.8 Å². The number of pyridine rings is 1. The van der Waals surface area contributed by atoms with Gasteiger partial charge in [-0.3, -0.25) is 19.9 Å². The van der Waals surface area contributed by atoms with Crippen LogP contribution in [0, 0.1) is 10.1 Å². The number of hydrogen-bond donors (Lipinski definition) is 2. The number of nitro benzene ring substituents is 1. The van der Waals surface area contributed by atoms with Crippen molar-refractivity contribution in [3.63, 3.8) is 0 Å². The van der Waals surface area contributed by atoms with E-state index in [2.05, 4.69) is 10.3 Å². The first-order valence-electron chi connectivity index (χ1n) is 5.37. The number of hydrogen-bond acceptors (Lipinski definition) is 5. The van der Waals surface area contributed by atoms with Crippen molar-refractivity contribution in [1.29, 1.82) is 0 Å². The standard InChI is InChI=1S/C12H8ClN3O4/c13-9-6-14-4-3-8(9)12(18)15-10-2-1-7(16(19)20)5-11(10)17/h1-6,17H,(H,15,18). The van der Waals surface area contributed by atoms with E-state index in [1.807, 2.05) is 0 Å². The Labute approximate surface area is 118 Å². The molecule has 0 spiro atoms. The summed E-state index contributed by atoms with van der Waals surface area (Å²) in [7, 11) is 0. The van der Waals surface area contributed by atoms with Crippen LogP contribution in [0.3, 0.4) is 0 Å². The lowest BCUT2D eigenvalue weighted by Crippen LogP contribution is -2.12. The fourth-order valence-electron chi connectivity index (χ4n) is 1.49. The monoisotopic (exact) mass is 293 g/mol. The van der Waals surface area contributed by atoms with Crippen LogP contribution in [0.25, 0.3) is 0 Å². The van der Waals surface area contributed by atoms with Crippen molar-refractivity contribution in [1.82, 2.24) is 4.98 Å². The number of nitrogens with zero attached hydrogens (tertiary/aromatic N) is 2. The normalized spacial score (nSPS) is 10.1. The molecule has 0 fully saturated rings. The first-order chi connectivity index (χ1) is 9.49. The molecule has 0 aliphatic carbocycles. The molecular formula is C12H8ClN3O4. The number of nitrogens with one attached hydrogen (secondary N) is 1. The summed E-state index contributed by atoms with van der Waals surface area (Å²) in [4.78, 5) is 25.6. The Morgan fingerprint density at radius 3 is 2.75 bits per heavy atom. The summed E-state index contributed by atoms with van der Waals surface area (Å²) in [5, 5.41) is 22.7. The van der Waals surface area contributed by atoms with Gasteiger partial charge in [-0.05, 0) is 12.1 Å². The first-order valence-corrected chi connectivity index (χ1v) is 5.75. The van der Waals surface area contributed by atoms with E-state index in [0.29, 0.717) is 0 Å². The number of nitro groups is 1. The molecule has 1 heterocycles. The number of aromatic nitrogens is 1. The van der Waals surface area contributed by atoms with E-state index >= 15 is 0 Å². The van der Waals surface area contributed by atoms with Gasteiger partial charge in [-0.25, -0.2) is 0 Å². The van der Waals surface area contributed by atoms with Crippen molar-refractivity contribution in [2.75, 3.05) is 5.32 Å². The second-order valence-corrected chi connectivity index (χ2v) is 4.18. The van der Waals surface area contributed by atoms with Gasteiger partial charge in [0.05, 0.1) is 27.3 Å². The molecule has 0 aliphatic rings. The molecule has 2 aromatic rings. The highest BCUT2D eigenvalue weighted by Crippen LogP contribution is 2.28. The average molecular weight is 294 g/mol. The Kier molecular flexibility index (Phi) is 3.81. The van der Waals surface area contributed by atoms with Crippen molar-refractivity contribution in [2.24, 2.45) is 0 Å². The molecule has 0 aliphatic heterocycles. The quantitative estimate of drug-likeness (QED) is 0.514. The maximum atomic E-state index is 11.9. The number of rotatable bonds is 3. The van der Waals surface area contributed by atoms with Crippen LogP contribution < -0.4 is 5.32 Å². The lowest BCUT2D eigenvalue weighted by atomic mass is 10.2. The average Bonchev–Trinajstić information content (AvgIpc) is 2.41. The maximum Gasteiger partial charge on any atom is 0.273 e. The minimum Gasteiger partial charge on any atom is -0.506 e. The summed E-state index contributed by atoms with van der Waals surface area (Å²) in [5.41, 5.74) is -0.0460. The molecule has 102 valence electrons. The van der Waals surface area contributed by atoms with Crippen LogP contribution in [0.1, 0.15) is 10.4 Å². The second kappa shape index (κ2) is 5.54. The summed E-state index contributed by atoms with van der Waals surface area (Å²) in [6, 6.07) is 4.77. The van der Waals surface area contributed by atoms with Gasteiger partial charge in [-0.15, -0.1) is 0 Å². The number of halogens is 1. The van der Waals surface area contributed by atoms with Gasteiger partial charge in [0.25, 0.3) is 11.6 Å². The number of phenols is 1. The maximum absolute atomic E-state index is 11.9. The minimum absolute atomic E-state index is 0.0495. The van der Waals surface area contributed by atoms with Crippen LogP contribution in [0.4, 0.5) is 11.4 Å². The summed E-state index contributed by atoms with van der Waals surface area (Å²) in [6.07, 6.45) is 2.71. The zero-order valence-corrected chi connectivity index (χ0v) is 10.7. The molecule has 0 radical (unpaired) electrons. The third kappa shape index (κ3) is 2.83. The van der Waals surface area contributed by atoms with Gasteiger partial charge in [-0.1, -0.05) is 11.6 Å². The van der Waals surface area contributed by atoms with Gasteiger partial charge in [0, 0.05) is 18.5 Å². The number of carbonyl (C=O) groups excluding carboxylic acids is 1. The minimum atomic E-state index is -0.648. The molecule has 2 N–H and O–H groups in total. The van der Waals surface area contributed by atoms with Crippen molar-refractivity contribution in [3.05, 3.63) is 57.4 Å². The molecule has 0 bridgehead atoms. The number of anilines is 1. The lowest BCUT2D eigenvalue weighted by molar-refractivity contribution is -0.384. The molecule has 0 atom stereocenters. The molecule has 8 heteroatoms. The van der Waals surface area contributed by atoms with E-state index in [9.17, 15) is 20.0 Å². The molecule has 1 aromatic heterocycles. The van der Waals surface area contributed by atoms with Crippen LogP contribution in [0.15, 0.2) is 36.7 Å². The van der Waals surface area contributed by atoms with E-state index in [0.717, 1.165) is 6.07 Å². The number of aromatic hydroxyl groups is 1. The van der Waals surface area contributed by atoms with Gasteiger partial charge in [0.15, 0.2) is 0 Å². The number of carbonyl (C=O) groups is 1. The summed E-state index contributed by atoms with van der Waals surface area (Å²) < 4.78 is 0.